The number of rotatable bonds is 8. The van der Waals surface area contributed by atoms with Crippen LogP contribution in [0.2, 0.25) is 0 Å². The van der Waals surface area contributed by atoms with Crippen molar-refractivity contribution >= 4 is 16.0 Å². The maximum Gasteiger partial charge on any atom is 0.416 e. The Bertz CT molecular complexity index is 1420. The van der Waals surface area contributed by atoms with Gasteiger partial charge in [-0.1, -0.05) is 0 Å². The van der Waals surface area contributed by atoms with Crippen LogP contribution in [0.25, 0.3) is 0 Å². The highest BCUT2D eigenvalue weighted by molar-refractivity contribution is 7.89. The standard InChI is InChI=1S/C25H25F4N3O5S/c1-3-36-24(33)15-32-23-6-4-5-22(21(23)14-30-32)31(2)38(34,35)20-12-16(25(27,28)29)11-19(13-20)37-18-9-7-17(26)8-10-18/h7-14,22H,3-6,15H2,1-2H3/t22-/m1/s1. The molecule has 0 saturated heterocycles. The van der Waals surface area contributed by atoms with Crippen LogP contribution in [0.15, 0.2) is 53.6 Å². The second-order valence-corrected chi connectivity index (χ2v) is 10.7. The minimum atomic E-state index is -4.85. The number of ether oxygens (including phenoxy) is 2. The van der Waals surface area contributed by atoms with Crippen LogP contribution in [0, 0.1) is 5.82 Å². The number of hydrogen-bond acceptors (Lipinski definition) is 6. The number of nitrogens with zero attached hydrogens (tertiary/aromatic N) is 3. The normalized spacial score (nSPS) is 15.8. The largest absolute Gasteiger partial charge is 0.465 e. The molecular formula is C25H25F4N3O5S. The van der Waals surface area contributed by atoms with Gasteiger partial charge in [-0.2, -0.15) is 22.6 Å². The van der Waals surface area contributed by atoms with Crippen LogP contribution in [-0.2, 0) is 38.7 Å². The molecule has 2 aromatic carbocycles. The highest BCUT2D eigenvalue weighted by Crippen LogP contribution is 2.39. The van der Waals surface area contributed by atoms with Crippen molar-refractivity contribution in [3.63, 3.8) is 0 Å². The predicted molar refractivity (Wildman–Crippen MR) is 127 cm³/mol. The number of halogens is 4. The number of carbonyl (C=O) groups is 1. The molecule has 38 heavy (non-hydrogen) atoms. The van der Waals surface area contributed by atoms with E-state index in [2.05, 4.69) is 5.10 Å². The van der Waals surface area contributed by atoms with Gasteiger partial charge in [-0.3, -0.25) is 9.48 Å². The molecule has 0 radical (unpaired) electrons. The summed E-state index contributed by atoms with van der Waals surface area (Å²) in [6.07, 6.45) is -1.84. The molecule has 0 N–H and O–H groups in total. The molecule has 0 spiro atoms. The fraction of sp³-hybridized carbons (Fsp3) is 0.360. The second-order valence-electron chi connectivity index (χ2n) is 8.69. The Labute approximate surface area is 216 Å². The van der Waals surface area contributed by atoms with E-state index < -0.39 is 44.5 Å². The van der Waals surface area contributed by atoms with Crippen LogP contribution in [0.3, 0.4) is 0 Å². The first kappa shape index (κ1) is 27.6. The highest BCUT2D eigenvalue weighted by Gasteiger charge is 2.37. The SMILES string of the molecule is CCOC(=O)Cn1ncc2c1CCC[C@H]2N(C)S(=O)(=O)c1cc(Oc2ccc(F)cc2)cc(C(F)(F)F)c1. The summed E-state index contributed by atoms with van der Waals surface area (Å²) in [6, 6.07) is 6.08. The Hall–Kier alpha value is -3.45. The summed E-state index contributed by atoms with van der Waals surface area (Å²) in [5.41, 5.74) is 0.0257. The van der Waals surface area contributed by atoms with Gasteiger partial charge in [0.15, 0.2) is 0 Å². The zero-order valence-corrected chi connectivity index (χ0v) is 21.4. The van der Waals surface area contributed by atoms with Gasteiger partial charge in [-0.25, -0.2) is 12.8 Å². The molecule has 0 bridgehead atoms. The van der Waals surface area contributed by atoms with Crippen LogP contribution in [-0.4, -0.2) is 42.1 Å². The van der Waals surface area contributed by atoms with Crippen LogP contribution in [0.4, 0.5) is 17.6 Å². The minimum absolute atomic E-state index is 0.0355. The van der Waals surface area contributed by atoms with Gasteiger partial charge in [0.05, 0.1) is 29.3 Å². The van der Waals surface area contributed by atoms with E-state index >= 15 is 0 Å². The molecule has 1 atom stereocenters. The first-order valence-electron chi connectivity index (χ1n) is 11.7. The summed E-state index contributed by atoms with van der Waals surface area (Å²) in [4.78, 5) is 11.3. The van der Waals surface area contributed by atoms with E-state index in [0.717, 1.165) is 22.5 Å². The number of aromatic nitrogens is 2. The molecule has 0 aliphatic heterocycles. The van der Waals surface area contributed by atoms with E-state index in [-0.39, 0.29) is 24.7 Å². The topological polar surface area (TPSA) is 90.7 Å². The molecule has 0 amide bonds. The summed E-state index contributed by atoms with van der Waals surface area (Å²) < 4.78 is 94.3. The average Bonchev–Trinajstić information content (AvgIpc) is 3.27. The van der Waals surface area contributed by atoms with Crippen molar-refractivity contribution in [2.24, 2.45) is 0 Å². The highest BCUT2D eigenvalue weighted by atomic mass is 32.2. The lowest BCUT2D eigenvalue weighted by Gasteiger charge is -2.31. The van der Waals surface area contributed by atoms with Gasteiger partial charge in [0.25, 0.3) is 0 Å². The molecule has 1 aliphatic rings. The molecule has 0 saturated carbocycles. The average molecular weight is 556 g/mol. The van der Waals surface area contributed by atoms with Crippen LogP contribution in [0.5, 0.6) is 11.5 Å². The molecule has 4 rings (SSSR count). The molecular weight excluding hydrogens is 530 g/mol. The third-order valence-corrected chi connectivity index (χ3v) is 8.03. The fourth-order valence-corrected chi connectivity index (χ4v) is 5.78. The summed E-state index contributed by atoms with van der Waals surface area (Å²) in [5, 5.41) is 4.22. The van der Waals surface area contributed by atoms with Gasteiger partial charge in [0.2, 0.25) is 10.0 Å². The molecule has 1 aromatic heterocycles. The number of alkyl halides is 3. The van der Waals surface area contributed by atoms with Crippen molar-refractivity contribution in [2.45, 2.75) is 49.8 Å². The predicted octanol–water partition coefficient (Wildman–Crippen LogP) is 5.09. The van der Waals surface area contributed by atoms with Crippen molar-refractivity contribution in [1.29, 1.82) is 0 Å². The molecule has 0 fully saturated rings. The summed E-state index contributed by atoms with van der Waals surface area (Å²) in [5.74, 6) is -1.39. The molecule has 13 heteroatoms. The van der Waals surface area contributed by atoms with Crippen LogP contribution in [0.1, 0.15) is 42.6 Å². The zero-order valence-electron chi connectivity index (χ0n) is 20.5. The Balaban J connectivity index is 1.68. The maximum absolute atomic E-state index is 13.7. The van der Waals surface area contributed by atoms with Crippen molar-refractivity contribution in [2.75, 3.05) is 13.7 Å². The number of hydrogen-bond donors (Lipinski definition) is 0. The number of esters is 1. The maximum atomic E-state index is 13.7. The van der Waals surface area contributed by atoms with Gasteiger partial charge >= 0.3 is 12.1 Å². The molecule has 0 unspecified atom stereocenters. The van der Waals surface area contributed by atoms with Gasteiger partial charge in [-0.15, -0.1) is 0 Å². The molecule has 1 heterocycles. The van der Waals surface area contributed by atoms with Crippen LogP contribution >= 0.6 is 0 Å². The van der Waals surface area contributed by atoms with Gasteiger partial charge < -0.3 is 9.47 Å². The second kappa shape index (κ2) is 10.7. The quantitative estimate of drug-likeness (QED) is 0.284. The van der Waals surface area contributed by atoms with Gasteiger partial charge in [-0.05, 0) is 62.6 Å². The van der Waals surface area contributed by atoms with E-state index in [4.69, 9.17) is 9.47 Å². The molecule has 3 aromatic rings. The zero-order chi connectivity index (χ0) is 27.7. The summed E-state index contributed by atoms with van der Waals surface area (Å²) in [6.45, 7) is 1.75. The minimum Gasteiger partial charge on any atom is -0.465 e. The fourth-order valence-electron chi connectivity index (χ4n) is 4.35. The summed E-state index contributed by atoms with van der Waals surface area (Å²) in [7, 11) is -3.15. The lowest BCUT2D eigenvalue weighted by atomic mass is 9.93. The Morgan fingerprint density at radius 2 is 1.87 bits per heavy atom. The number of carbonyl (C=O) groups excluding carboxylic acids is 1. The van der Waals surface area contributed by atoms with E-state index in [1.165, 1.54) is 30.1 Å². The van der Waals surface area contributed by atoms with E-state index in [9.17, 15) is 30.8 Å². The first-order chi connectivity index (χ1) is 17.9. The van der Waals surface area contributed by atoms with Crippen molar-refractivity contribution in [3.05, 3.63) is 71.3 Å². The molecule has 1 aliphatic carbocycles. The summed E-state index contributed by atoms with van der Waals surface area (Å²) >= 11 is 0. The number of fused-ring (bicyclic) bond motifs is 1. The Kier molecular flexibility index (Phi) is 7.79. The molecule has 204 valence electrons. The van der Waals surface area contributed by atoms with Gasteiger partial charge in [0, 0.05) is 24.4 Å². The third-order valence-electron chi connectivity index (χ3n) is 6.19. The number of sulfonamides is 1. The van der Waals surface area contributed by atoms with Gasteiger partial charge in [0.1, 0.15) is 23.9 Å². The van der Waals surface area contributed by atoms with Crippen molar-refractivity contribution < 1.29 is 40.2 Å². The Morgan fingerprint density at radius 3 is 2.53 bits per heavy atom. The molecule has 8 nitrogen and oxygen atoms in total. The lowest BCUT2D eigenvalue weighted by molar-refractivity contribution is -0.144. The third kappa shape index (κ3) is 5.83. The van der Waals surface area contributed by atoms with E-state index in [1.54, 1.807) is 6.92 Å². The van der Waals surface area contributed by atoms with Crippen LogP contribution < -0.4 is 4.74 Å². The van der Waals surface area contributed by atoms with Crippen molar-refractivity contribution in [3.8, 4) is 11.5 Å². The van der Waals surface area contributed by atoms with E-state index in [0.29, 0.717) is 42.7 Å². The Morgan fingerprint density at radius 1 is 1.16 bits per heavy atom. The number of benzene rings is 2. The van der Waals surface area contributed by atoms with Crippen molar-refractivity contribution in [1.82, 2.24) is 14.1 Å². The smallest absolute Gasteiger partial charge is 0.416 e. The lowest BCUT2D eigenvalue weighted by Crippen LogP contribution is -2.33. The monoisotopic (exact) mass is 555 g/mol. The first-order valence-corrected chi connectivity index (χ1v) is 13.2. The van der Waals surface area contributed by atoms with E-state index in [1.807, 2.05) is 0 Å².